The van der Waals surface area contributed by atoms with Gasteiger partial charge in [0.15, 0.2) is 0 Å². The summed E-state index contributed by atoms with van der Waals surface area (Å²) in [4.78, 5) is 4.59. The monoisotopic (exact) mass is 192 g/mol. The molecular weight excluding hydrogens is 173 g/mol. The number of hydrogen-bond donors (Lipinski definition) is 0. The fraction of sp³-hybridized carbons (Fsp3) is 1.00. The molecule has 3 heteroatoms. The van der Waals surface area contributed by atoms with Gasteiger partial charge in [-0.3, -0.25) is 0 Å². The van der Waals surface area contributed by atoms with E-state index in [1.165, 1.54) is 10.8 Å². The molecule has 9 heavy (non-hydrogen) atoms. The molecule has 0 saturated carbocycles. The first-order chi connectivity index (χ1) is 4.13. The molecule has 0 rings (SSSR count). The molecule has 0 radical (unpaired) electrons. The van der Waals surface area contributed by atoms with Crippen LogP contribution in [0, 0.1) is 0 Å². The summed E-state index contributed by atoms with van der Waals surface area (Å²) in [6.45, 7) is 0. The molecule has 56 valence electrons. The van der Waals surface area contributed by atoms with Crippen LogP contribution in [0.1, 0.15) is 0 Å². The summed E-state index contributed by atoms with van der Waals surface area (Å²) in [6, 6.07) is 0. The standard InChI is InChI=1S/C6H18GeN2/c1-8(2)5-7-6-9(3)4/h5-7H2,1-4H3. The van der Waals surface area contributed by atoms with Crippen molar-refractivity contribution in [1.82, 2.24) is 9.80 Å². The molecule has 0 atom stereocenters. The van der Waals surface area contributed by atoms with Gasteiger partial charge in [0, 0.05) is 0 Å². The van der Waals surface area contributed by atoms with Crippen LogP contribution < -0.4 is 0 Å². The van der Waals surface area contributed by atoms with Crippen LogP contribution in [0.4, 0.5) is 0 Å². The van der Waals surface area contributed by atoms with Gasteiger partial charge in [0.25, 0.3) is 0 Å². The molecule has 0 unspecified atom stereocenters. The van der Waals surface area contributed by atoms with Crippen molar-refractivity contribution in [3.05, 3.63) is 0 Å². The normalized spacial score (nSPS) is 11.3. The summed E-state index contributed by atoms with van der Waals surface area (Å²) >= 11 is -0.215. The van der Waals surface area contributed by atoms with Gasteiger partial charge >= 0.3 is 64.2 Å². The number of nitrogens with zero attached hydrogens (tertiary/aromatic N) is 2. The Kier molecular flexibility index (Phi) is 5.53. The zero-order valence-corrected chi connectivity index (χ0v) is 9.98. The van der Waals surface area contributed by atoms with Crippen LogP contribution in [0.15, 0.2) is 0 Å². The predicted octanol–water partition coefficient (Wildman–Crippen LogP) is -0.807. The van der Waals surface area contributed by atoms with Crippen molar-refractivity contribution in [2.75, 3.05) is 38.9 Å². The third-order valence-electron chi connectivity index (χ3n) is 1.21. The van der Waals surface area contributed by atoms with Crippen LogP contribution >= 0.6 is 0 Å². The van der Waals surface area contributed by atoms with Crippen LogP contribution in [0.3, 0.4) is 0 Å². The van der Waals surface area contributed by atoms with E-state index in [0.29, 0.717) is 0 Å². The molecule has 0 saturated heterocycles. The van der Waals surface area contributed by atoms with Crippen molar-refractivity contribution < 1.29 is 0 Å². The quantitative estimate of drug-likeness (QED) is 0.536. The average Bonchev–Trinajstić information content (AvgIpc) is 1.63. The molecule has 0 aromatic rings. The molecule has 0 aromatic heterocycles. The third-order valence-corrected chi connectivity index (χ3v) is 6.29. The van der Waals surface area contributed by atoms with E-state index >= 15 is 0 Å². The van der Waals surface area contributed by atoms with E-state index < -0.39 is 0 Å². The van der Waals surface area contributed by atoms with Gasteiger partial charge in [0.1, 0.15) is 0 Å². The van der Waals surface area contributed by atoms with Gasteiger partial charge in [-0.2, -0.15) is 0 Å². The van der Waals surface area contributed by atoms with E-state index in [2.05, 4.69) is 38.0 Å². The van der Waals surface area contributed by atoms with Crippen LogP contribution in [-0.4, -0.2) is 64.2 Å². The SMILES string of the molecule is CN(C)[CH2][GeH2][CH2]N(C)C. The van der Waals surface area contributed by atoms with Crippen molar-refractivity contribution in [1.29, 1.82) is 0 Å². The second kappa shape index (κ2) is 5.26. The Morgan fingerprint density at radius 1 is 0.889 bits per heavy atom. The zero-order chi connectivity index (χ0) is 7.28. The van der Waals surface area contributed by atoms with E-state index in [1.807, 2.05) is 0 Å². The minimum atomic E-state index is -0.215. The molecule has 0 aliphatic carbocycles. The van der Waals surface area contributed by atoms with Gasteiger partial charge in [-0.15, -0.1) is 0 Å². The molecule has 0 aliphatic rings. The first-order valence-electron chi connectivity index (χ1n) is 3.42. The Balaban J connectivity index is 2.91. The second-order valence-corrected chi connectivity index (χ2v) is 6.32. The van der Waals surface area contributed by atoms with Crippen LogP contribution in [0.25, 0.3) is 0 Å². The van der Waals surface area contributed by atoms with E-state index in [-0.39, 0.29) is 15.4 Å². The fourth-order valence-electron chi connectivity index (χ4n) is 0.703. The summed E-state index contributed by atoms with van der Waals surface area (Å²) in [5.41, 5.74) is 0. The molecule has 0 N–H and O–H groups in total. The van der Waals surface area contributed by atoms with Crippen molar-refractivity contribution >= 4 is 15.4 Å². The number of rotatable bonds is 4. The minimum absolute atomic E-state index is 0.215. The molecule has 0 heterocycles. The Morgan fingerprint density at radius 3 is 1.44 bits per heavy atom. The van der Waals surface area contributed by atoms with Gasteiger partial charge < -0.3 is 0 Å². The third kappa shape index (κ3) is 8.46. The Bertz CT molecular complexity index is 56.1. The van der Waals surface area contributed by atoms with Gasteiger partial charge in [-0.1, -0.05) is 0 Å². The topological polar surface area (TPSA) is 6.48 Å². The molecule has 0 bridgehead atoms. The van der Waals surface area contributed by atoms with E-state index in [9.17, 15) is 0 Å². The summed E-state index contributed by atoms with van der Waals surface area (Å²) in [5, 5.41) is 2.76. The van der Waals surface area contributed by atoms with Crippen molar-refractivity contribution in [2.24, 2.45) is 0 Å². The predicted molar refractivity (Wildman–Crippen MR) is 45.7 cm³/mol. The van der Waals surface area contributed by atoms with Gasteiger partial charge in [0.05, 0.1) is 0 Å². The van der Waals surface area contributed by atoms with Crippen molar-refractivity contribution in [3.63, 3.8) is 0 Å². The van der Waals surface area contributed by atoms with Crippen LogP contribution in [0.5, 0.6) is 0 Å². The Hall–Kier alpha value is 0.463. The molecule has 0 amide bonds. The van der Waals surface area contributed by atoms with Crippen LogP contribution in [-0.2, 0) is 0 Å². The van der Waals surface area contributed by atoms with E-state index in [1.54, 1.807) is 0 Å². The van der Waals surface area contributed by atoms with Gasteiger partial charge in [0.2, 0.25) is 0 Å². The Morgan fingerprint density at radius 2 is 1.22 bits per heavy atom. The summed E-state index contributed by atoms with van der Waals surface area (Å²) in [6.07, 6.45) is 0. The van der Waals surface area contributed by atoms with E-state index in [0.717, 1.165) is 0 Å². The van der Waals surface area contributed by atoms with Crippen molar-refractivity contribution in [2.45, 2.75) is 0 Å². The molecular formula is C6H18GeN2. The van der Waals surface area contributed by atoms with Crippen LogP contribution in [0.2, 0.25) is 0 Å². The molecule has 0 fully saturated rings. The van der Waals surface area contributed by atoms with Crippen molar-refractivity contribution in [3.8, 4) is 0 Å². The molecule has 0 aliphatic heterocycles. The molecule has 0 spiro atoms. The summed E-state index contributed by atoms with van der Waals surface area (Å²) < 4.78 is 0. The number of hydrogen-bond acceptors (Lipinski definition) is 2. The maximum absolute atomic E-state index is 2.30. The average molecular weight is 191 g/mol. The maximum atomic E-state index is 2.30. The van der Waals surface area contributed by atoms with Gasteiger partial charge in [-0.05, 0) is 0 Å². The summed E-state index contributed by atoms with van der Waals surface area (Å²) in [7, 11) is 8.61. The van der Waals surface area contributed by atoms with Gasteiger partial charge in [-0.25, -0.2) is 0 Å². The summed E-state index contributed by atoms with van der Waals surface area (Å²) in [5.74, 6) is 0. The molecule has 0 aromatic carbocycles. The fourth-order valence-corrected chi connectivity index (χ4v) is 3.65. The first-order valence-corrected chi connectivity index (χ1v) is 7.62. The van der Waals surface area contributed by atoms with E-state index in [4.69, 9.17) is 0 Å². The second-order valence-electron chi connectivity index (χ2n) is 2.96. The Labute approximate surface area is 64.7 Å². The zero-order valence-electron chi connectivity index (χ0n) is 7.02. The first kappa shape index (κ1) is 9.46. The molecule has 2 nitrogen and oxygen atoms in total.